The lowest BCUT2D eigenvalue weighted by atomic mass is 10.4. The normalized spacial score (nSPS) is 24.8. The van der Waals surface area contributed by atoms with Crippen LogP contribution in [-0.2, 0) is 0 Å². The van der Waals surface area contributed by atoms with E-state index in [4.69, 9.17) is 28.3 Å². The van der Waals surface area contributed by atoms with Crippen molar-refractivity contribution in [2.45, 2.75) is 12.5 Å². The van der Waals surface area contributed by atoms with Crippen molar-refractivity contribution in [1.82, 2.24) is 4.98 Å². The highest BCUT2D eigenvalue weighted by molar-refractivity contribution is 6.35. The summed E-state index contributed by atoms with van der Waals surface area (Å²) in [4.78, 5) is 4.07. The summed E-state index contributed by atoms with van der Waals surface area (Å²) in [7, 11) is 0. The van der Waals surface area contributed by atoms with Gasteiger partial charge in [-0.3, -0.25) is 0 Å². The Morgan fingerprint density at radius 3 is 2.93 bits per heavy atom. The van der Waals surface area contributed by atoms with Gasteiger partial charge in [-0.25, -0.2) is 4.98 Å². The lowest BCUT2D eigenvalue weighted by Gasteiger charge is -2.06. The molecule has 76 valence electrons. The number of anilines is 1. The van der Waals surface area contributed by atoms with Gasteiger partial charge in [-0.15, -0.1) is 0 Å². The van der Waals surface area contributed by atoms with Gasteiger partial charge in [0.05, 0.1) is 10.0 Å². The molecule has 5 heteroatoms. The number of pyridine rings is 1. The Morgan fingerprint density at radius 1 is 1.57 bits per heavy atom. The lowest BCUT2D eigenvalue weighted by Crippen LogP contribution is -2.08. The highest BCUT2D eigenvalue weighted by atomic mass is 35.5. The first kappa shape index (κ1) is 10.0. The number of nitrogens with zero attached hydrogens (tertiary/aromatic N) is 1. The Morgan fingerprint density at radius 2 is 2.36 bits per heavy atom. The highest BCUT2D eigenvalue weighted by Crippen LogP contribution is 2.34. The minimum atomic E-state index is 0.211. The van der Waals surface area contributed by atoms with Crippen molar-refractivity contribution < 1.29 is 5.11 Å². The third kappa shape index (κ3) is 2.11. The third-order valence-corrected chi connectivity index (χ3v) is 2.78. The van der Waals surface area contributed by atoms with Crippen molar-refractivity contribution in [3.8, 4) is 0 Å². The van der Waals surface area contributed by atoms with Gasteiger partial charge >= 0.3 is 0 Å². The maximum absolute atomic E-state index is 8.85. The summed E-state index contributed by atoms with van der Waals surface area (Å²) in [5, 5.41) is 13.0. The summed E-state index contributed by atoms with van der Waals surface area (Å²) >= 11 is 11.6. The summed E-state index contributed by atoms with van der Waals surface area (Å²) < 4.78 is 0. The van der Waals surface area contributed by atoms with Gasteiger partial charge in [-0.1, -0.05) is 23.2 Å². The molecule has 1 aliphatic rings. The molecule has 0 radical (unpaired) electrons. The Labute approximate surface area is 92.1 Å². The summed E-state index contributed by atoms with van der Waals surface area (Å²) in [5.41, 5.74) is 0. The van der Waals surface area contributed by atoms with E-state index < -0.39 is 0 Å². The van der Waals surface area contributed by atoms with E-state index in [2.05, 4.69) is 10.3 Å². The maximum Gasteiger partial charge on any atom is 0.145 e. The van der Waals surface area contributed by atoms with Crippen LogP contribution in [0.25, 0.3) is 0 Å². The molecule has 0 unspecified atom stereocenters. The molecule has 2 rings (SSSR count). The van der Waals surface area contributed by atoms with Crippen LogP contribution < -0.4 is 5.32 Å². The van der Waals surface area contributed by atoms with E-state index in [1.165, 1.54) is 0 Å². The standard InChI is InChI=1S/C9H10Cl2N2O/c10-6-2-7(11)9(12-3-6)13-8-1-5(8)4-14/h2-3,5,8,14H,1,4H2,(H,12,13)/t5-,8+/m0/s1. The minimum Gasteiger partial charge on any atom is -0.396 e. The van der Waals surface area contributed by atoms with Gasteiger partial charge in [-0.05, 0) is 12.5 Å². The van der Waals surface area contributed by atoms with Crippen molar-refractivity contribution in [3.63, 3.8) is 0 Å². The van der Waals surface area contributed by atoms with Gasteiger partial charge in [0.1, 0.15) is 5.82 Å². The molecule has 0 aromatic carbocycles. The van der Waals surface area contributed by atoms with Gasteiger partial charge in [0.25, 0.3) is 0 Å². The van der Waals surface area contributed by atoms with E-state index in [1.54, 1.807) is 12.3 Å². The zero-order valence-corrected chi connectivity index (χ0v) is 8.89. The predicted octanol–water partition coefficient (Wildman–Crippen LogP) is 2.18. The number of nitrogens with one attached hydrogen (secondary N) is 1. The molecule has 3 nitrogen and oxygen atoms in total. The maximum atomic E-state index is 8.85. The van der Waals surface area contributed by atoms with E-state index in [0.29, 0.717) is 27.8 Å². The van der Waals surface area contributed by atoms with E-state index in [1.807, 2.05) is 0 Å². The number of hydrogen-bond acceptors (Lipinski definition) is 3. The molecule has 0 bridgehead atoms. The number of aromatic nitrogens is 1. The number of aliphatic hydroxyl groups excluding tert-OH is 1. The quantitative estimate of drug-likeness (QED) is 0.840. The van der Waals surface area contributed by atoms with Crippen LogP contribution in [-0.4, -0.2) is 22.7 Å². The number of halogens is 2. The molecule has 0 saturated heterocycles. The molecule has 1 fully saturated rings. The first-order chi connectivity index (χ1) is 6.70. The molecular weight excluding hydrogens is 223 g/mol. The van der Waals surface area contributed by atoms with Crippen LogP contribution in [0.3, 0.4) is 0 Å². The van der Waals surface area contributed by atoms with Crippen LogP contribution in [0, 0.1) is 5.92 Å². The molecule has 1 aromatic rings. The smallest absolute Gasteiger partial charge is 0.145 e. The van der Waals surface area contributed by atoms with Crippen LogP contribution in [0.2, 0.25) is 10.0 Å². The lowest BCUT2D eigenvalue weighted by molar-refractivity contribution is 0.275. The molecule has 1 saturated carbocycles. The predicted molar refractivity (Wildman–Crippen MR) is 56.9 cm³/mol. The molecule has 14 heavy (non-hydrogen) atoms. The van der Waals surface area contributed by atoms with Gasteiger partial charge in [0.2, 0.25) is 0 Å². The molecule has 2 N–H and O–H groups in total. The Kier molecular flexibility index (Phi) is 2.81. The summed E-state index contributed by atoms with van der Waals surface area (Å²) in [6, 6.07) is 1.94. The zero-order valence-electron chi connectivity index (χ0n) is 7.37. The monoisotopic (exact) mass is 232 g/mol. The number of hydrogen-bond donors (Lipinski definition) is 2. The van der Waals surface area contributed by atoms with Crippen LogP contribution in [0.1, 0.15) is 6.42 Å². The van der Waals surface area contributed by atoms with Gasteiger partial charge < -0.3 is 10.4 Å². The van der Waals surface area contributed by atoms with Crippen molar-refractivity contribution in [2.75, 3.05) is 11.9 Å². The SMILES string of the molecule is OC[C@@H]1C[C@H]1Nc1ncc(Cl)cc1Cl. The second-order valence-corrected chi connectivity index (χ2v) is 4.26. The van der Waals surface area contributed by atoms with Crippen LogP contribution in [0.4, 0.5) is 5.82 Å². The van der Waals surface area contributed by atoms with Gasteiger partial charge in [0.15, 0.2) is 0 Å². The van der Waals surface area contributed by atoms with Gasteiger partial charge in [-0.2, -0.15) is 0 Å². The largest absolute Gasteiger partial charge is 0.396 e. The van der Waals surface area contributed by atoms with E-state index in [-0.39, 0.29) is 6.61 Å². The van der Waals surface area contributed by atoms with Crippen molar-refractivity contribution in [3.05, 3.63) is 22.3 Å². The average Bonchev–Trinajstić information content (AvgIpc) is 2.89. The van der Waals surface area contributed by atoms with Crippen molar-refractivity contribution >= 4 is 29.0 Å². The van der Waals surface area contributed by atoms with E-state index in [0.717, 1.165) is 6.42 Å². The van der Waals surface area contributed by atoms with Crippen molar-refractivity contribution in [2.24, 2.45) is 5.92 Å². The summed E-state index contributed by atoms with van der Waals surface area (Å²) in [5.74, 6) is 0.973. The molecular formula is C9H10Cl2N2O. The van der Waals surface area contributed by atoms with E-state index in [9.17, 15) is 0 Å². The number of rotatable bonds is 3. The molecule has 2 atom stereocenters. The Balaban J connectivity index is 2.03. The molecule has 0 amide bonds. The zero-order chi connectivity index (χ0) is 10.1. The van der Waals surface area contributed by atoms with Crippen LogP contribution in [0.15, 0.2) is 12.3 Å². The second kappa shape index (κ2) is 3.93. The fourth-order valence-corrected chi connectivity index (χ4v) is 1.76. The fraction of sp³-hybridized carbons (Fsp3) is 0.444. The van der Waals surface area contributed by atoms with Crippen molar-refractivity contribution in [1.29, 1.82) is 0 Å². The molecule has 0 spiro atoms. The molecule has 1 aromatic heterocycles. The molecule has 1 heterocycles. The summed E-state index contributed by atoms with van der Waals surface area (Å²) in [6.07, 6.45) is 2.52. The summed E-state index contributed by atoms with van der Waals surface area (Å²) in [6.45, 7) is 0.211. The van der Waals surface area contributed by atoms with E-state index >= 15 is 0 Å². The second-order valence-electron chi connectivity index (χ2n) is 3.41. The third-order valence-electron chi connectivity index (χ3n) is 2.29. The Hall–Kier alpha value is -0.510. The van der Waals surface area contributed by atoms with Gasteiger partial charge in [0, 0.05) is 24.8 Å². The average molecular weight is 233 g/mol. The van der Waals surface area contributed by atoms with Crippen LogP contribution >= 0.6 is 23.2 Å². The molecule has 1 aliphatic carbocycles. The topological polar surface area (TPSA) is 45.1 Å². The fourth-order valence-electron chi connectivity index (χ4n) is 1.32. The minimum absolute atomic E-state index is 0.211. The van der Waals surface area contributed by atoms with Crippen LogP contribution in [0.5, 0.6) is 0 Å². The first-order valence-corrected chi connectivity index (χ1v) is 5.14. The number of aliphatic hydroxyl groups is 1. The highest BCUT2D eigenvalue weighted by Gasteiger charge is 2.36. The first-order valence-electron chi connectivity index (χ1n) is 4.39. The molecule has 0 aliphatic heterocycles. The Bertz CT molecular complexity index is 346.